The van der Waals surface area contributed by atoms with Crippen LogP contribution in [-0.2, 0) is 17.8 Å². The quantitative estimate of drug-likeness (QED) is 0.532. The molecule has 6 heteroatoms. The van der Waals surface area contributed by atoms with Gasteiger partial charge in [0.05, 0.1) is 11.4 Å². The van der Waals surface area contributed by atoms with Crippen molar-refractivity contribution in [3.05, 3.63) is 81.6 Å². The third-order valence-corrected chi connectivity index (χ3v) is 5.93. The van der Waals surface area contributed by atoms with Crippen LogP contribution in [0.1, 0.15) is 22.5 Å². The van der Waals surface area contributed by atoms with Crippen LogP contribution in [0.15, 0.2) is 64.2 Å². The largest absolute Gasteiger partial charge is 0.341 e. The normalized spacial score (nSPS) is 10.8. The highest BCUT2D eigenvalue weighted by atomic mass is 79.9. The number of rotatable bonds is 7. The topological polar surface area (TPSA) is 49.0 Å². The molecule has 1 amide bonds. The van der Waals surface area contributed by atoms with Gasteiger partial charge >= 0.3 is 0 Å². The number of nitrogens with one attached hydrogen (secondary N) is 1. The number of amides is 1. The first-order valence-electron chi connectivity index (χ1n) is 8.72. The average molecular weight is 444 g/mol. The smallest absolute Gasteiger partial charge is 0.233 e. The molecule has 0 unspecified atom stereocenters. The maximum absolute atomic E-state index is 12.5. The molecule has 0 spiro atoms. The van der Waals surface area contributed by atoms with Crippen molar-refractivity contribution in [1.29, 1.82) is 0 Å². The van der Waals surface area contributed by atoms with Crippen LogP contribution in [0.4, 0.5) is 0 Å². The van der Waals surface area contributed by atoms with Crippen molar-refractivity contribution in [2.75, 3.05) is 12.8 Å². The summed E-state index contributed by atoms with van der Waals surface area (Å²) in [5.74, 6) is 0.438. The Morgan fingerprint density at radius 2 is 1.85 bits per heavy atom. The van der Waals surface area contributed by atoms with Crippen molar-refractivity contribution in [3.8, 4) is 0 Å². The molecule has 1 heterocycles. The van der Waals surface area contributed by atoms with Crippen LogP contribution in [-0.4, -0.2) is 33.6 Å². The Morgan fingerprint density at radius 1 is 1.15 bits per heavy atom. The zero-order valence-corrected chi connectivity index (χ0v) is 17.8. The van der Waals surface area contributed by atoms with E-state index in [9.17, 15) is 4.79 Å². The molecule has 0 aliphatic carbocycles. The Balaban J connectivity index is 1.56. The SMILES string of the molecule is Cc1[nH]c(SCC(=O)N(C)Cc2ccccc2Br)nc1Cc1ccccc1. The van der Waals surface area contributed by atoms with Gasteiger partial charge in [-0.15, -0.1) is 0 Å². The number of hydrogen-bond donors (Lipinski definition) is 1. The van der Waals surface area contributed by atoms with Gasteiger partial charge in [0.15, 0.2) is 5.16 Å². The van der Waals surface area contributed by atoms with E-state index in [1.54, 1.807) is 4.90 Å². The minimum absolute atomic E-state index is 0.0782. The molecule has 0 saturated carbocycles. The number of hydrogen-bond acceptors (Lipinski definition) is 3. The Hall–Kier alpha value is -2.05. The second-order valence-corrected chi connectivity index (χ2v) is 8.22. The van der Waals surface area contributed by atoms with Gasteiger partial charge in [-0.1, -0.05) is 76.2 Å². The lowest BCUT2D eigenvalue weighted by atomic mass is 10.1. The number of H-pyrrole nitrogens is 1. The summed E-state index contributed by atoms with van der Waals surface area (Å²) in [5, 5.41) is 0.793. The fraction of sp³-hybridized carbons (Fsp3) is 0.238. The summed E-state index contributed by atoms with van der Waals surface area (Å²) in [6.45, 7) is 2.60. The highest BCUT2D eigenvalue weighted by molar-refractivity contribution is 9.10. The summed E-state index contributed by atoms with van der Waals surface area (Å²) in [6.07, 6.45) is 0.791. The molecule has 0 bridgehead atoms. The summed E-state index contributed by atoms with van der Waals surface area (Å²) in [6, 6.07) is 18.2. The number of aryl methyl sites for hydroxylation is 1. The number of carbonyl (C=O) groups is 1. The van der Waals surface area contributed by atoms with E-state index in [1.807, 2.05) is 56.4 Å². The Labute approximate surface area is 172 Å². The summed E-state index contributed by atoms with van der Waals surface area (Å²) >= 11 is 4.98. The molecule has 2 aromatic carbocycles. The van der Waals surface area contributed by atoms with Gasteiger partial charge in [-0.05, 0) is 24.1 Å². The average Bonchev–Trinajstić information content (AvgIpc) is 3.02. The van der Waals surface area contributed by atoms with Gasteiger partial charge in [-0.2, -0.15) is 0 Å². The van der Waals surface area contributed by atoms with Gasteiger partial charge in [0.2, 0.25) is 5.91 Å². The molecule has 3 rings (SSSR count). The number of aromatic nitrogens is 2. The van der Waals surface area contributed by atoms with Crippen LogP contribution in [0, 0.1) is 6.92 Å². The number of thioether (sulfide) groups is 1. The predicted molar refractivity (Wildman–Crippen MR) is 114 cm³/mol. The number of benzene rings is 2. The van der Waals surface area contributed by atoms with Crippen molar-refractivity contribution >= 4 is 33.6 Å². The Morgan fingerprint density at radius 3 is 2.59 bits per heavy atom. The van der Waals surface area contributed by atoms with Gasteiger partial charge in [0, 0.05) is 30.2 Å². The maximum Gasteiger partial charge on any atom is 0.233 e. The summed E-state index contributed by atoms with van der Waals surface area (Å²) in [7, 11) is 1.83. The number of nitrogens with zero attached hydrogens (tertiary/aromatic N) is 2. The second kappa shape index (κ2) is 9.24. The van der Waals surface area contributed by atoms with Crippen molar-refractivity contribution in [2.45, 2.75) is 25.0 Å². The zero-order valence-electron chi connectivity index (χ0n) is 15.4. The molecule has 0 atom stereocenters. The number of carbonyl (C=O) groups excluding carboxylic acids is 1. The molecule has 4 nitrogen and oxygen atoms in total. The molecule has 3 aromatic rings. The van der Waals surface area contributed by atoms with Crippen LogP contribution >= 0.6 is 27.7 Å². The van der Waals surface area contributed by atoms with Gasteiger partial charge in [0.1, 0.15) is 0 Å². The molecular formula is C21H22BrN3OS. The second-order valence-electron chi connectivity index (χ2n) is 6.41. The first-order valence-corrected chi connectivity index (χ1v) is 10.5. The first-order chi connectivity index (χ1) is 13.0. The molecule has 140 valence electrons. The predicted octanol–water partition coefficient (Wildman–Crippen LogP) is 4.82. The van der Waals surface area contributed by atoms with E-state index in [1.165, 1.54) is 17.3 Å². The van der Waals surface area contributed by atoms with Crippen molar-refractivity contribution < 1.29 is 4.79 Å². The third-order valence-electron chi connectivity index (χ3n) is 4.30. The fourth-order valence-corrected chi connectivity index (χ4v) is 4.00. The van der Waals surface area contributed by atoms with E-state index in [-0.39, 0.29) is 5.91 Å². The molecule has 0 saturated heterocycles. The fourth-order valence-electron chi connectivity index (χ4n) is 2.71. The highest BCUT2D eigenvalue weighted by Crippen LogP contribution is 2.21. The maximum atomic E-state index is 12.5. The summed E-state index contributed by atoms with van der Waals surface area (Å²) in [5.41, 5.74) is 4.40. The van der Waals surface area contributed by atoms with Crippen LogP contribution in [0.2, 0.25) is 0 Å². The number of aromatic amines is 1. The van der Waals surface area contributed by atoms with Crippen LogP contribution in [0.5, 0.6) is 0 Å². The molecule has 1 aromatic heterocycles. The van der Waals surface area contributed by atoms with Gasteiger partial charge in [-0.25, -0.2) is 4.98 Å². The summed E-state index contributed by atoms with van der Waals surface area (Å²) < 4.78 is 1.02. The van der Waals surface area contributed by atoms with Gasteiger partial charge in [-0.3, -0.25) is 4.79 Å². The van der Waals surface area contributed by atoms with E-state index < -0.39 is 0 Å². The molecule has 0 fully saturated rings. The summed E-state index contributed by atoms with van der Waals surface area (Å²) in [4.78, 5) is 22.2. The van der Waals surface area contributed by atoms with Crippen molar-refractivity contribution in [3.63, 3.8) is 0 Å². The van der Waals surface area contributed by atoms with Crippen LogP contribution < -0.4 is 0 Å². The van der Waals surface area contributed by atoms with E-state index >= 15 is 0 Å². The minimum atomic E-state index is 0.0782. The standard InChI is InChI=1S/C21H22BrN3OS/c1-15-19(12-16-8-4-3-5-9-16)24-21(23-15)27-14-20(26)25(2)13-17-10-6-7-11-18(17)22/h3-11H,12-14H2,1-2H3,(H,23,24). The highest BCUT2D eigenvalue weighted by Gasteiger charge is 2.14. The van der Waals surface area contributed by atoms with E-state index in [2.05, 4.69) is 38.0 Å². The lowest BCUT2D eigenvalue weighted by molar-refractivity contribution is -0.127. The number of imidazole rings is 1. The van der Waals surface area contributed by atoms with E-state index in [4.69, 9.17) is 0 Å². The van der Waals surface area contributed by atoms with E-state index in [0.29, 0.717) is 12.3 Å². The van der Waals surface area contributed by atoms with Crippen LogP contribution in [0.25, 0.3) is 0 Å². The Kier molecular flexibility index (Phi) is 6.74. The Bertz CT molecular complexity index is 911. The zero-order chi connectivity index (χ0) is 19.2. The molecule has 27 heavy (non-hydrogen) atoms. The van der Waals surface area contributed by atoms with E-state index in [0.717, 1.165) is 33.0 Å². The molecule has 0 aliphatic rings. The van der Waals surface area contributed by atoms with Crippen molar-refractivity contribution in [1.82, 2.24) is 14.9 Å². The number of halogens is 1. The lowest BCUT2D eigenvalue weighted by Gasteiger charge is -2.17. The minimum Gasteiger partial charge on any atom is -0.341 e. The van der Waals surface area contributed by atoms with Crippen LogP contribution in [0.3, 0.4) is 0 Å². The molecule has 0 aliphatic heterocycles. The van der Waals surface area contributed by atoms with Gasteiger partial charge < -0.3 is 9.88 Å². The van der Waals surface area contributed by atoms with Gasteiger partial charge in [0.25, 0.3) is 0 Å². The first kappa shape index (κ1) is 19.7. The molecular weight excluding hydrogens is 422 g/mol. The molecule has 1 N–H and O–H groups in total. The lowest BCUT2D eigenvalue weighted by Crippen LogP contribution is -2.27. The molecule has 0 radical (unpaired) electrons. The van der Waals surface area contributed by atoms with Crippen molar-refractivity contribution in [2.24, 2.45) is 0 Å². The monoisotopic (exact) mass is 443 g/mol. The third kappa shape index (κ3) is 5.47.